The lowest BCUT2D eigenvalue weighted by Gasteiger charge is -2.36. The van der Waals surface area contributed by atoms with Gasteiger partial charge in [-0.25, -0.2) is 4.79 Å². The number of carbonyl (C=O) groups is 2. The second kappa shape index (κ2) is 7.69. The fraction of sp³-hybridized carbons (Fsp3) is 0.579. The van der Waals surface area contributed by atoms with E-state index in [1.165, 1.54) is 0 Å². The van der Waals surface area contributed by atoms with E-state index in [1.807, 2.05) is 58.0 Å². The minimum Gasteiger partial charge on any atom is -0.460 e. The molecule has 0 aliphatic carbocycles. The first-order valence-electron chi connectivity index (χ1n) is 8.46. The van der Waals surface area contributed by atoms with Crippen molar-refractivity contribution in [2.45, 2.75) is 58.8 Å². The Kier molecular flexibility index (Phi) is 5.86. The number of nitrogens with zero attached hydrogens (tertiary/aromatic N) is 1. The van der Waals surface area contributed by atoms with E-state index in [2.05, 4.69) is 0 Å². The molecular weight excluding hydrogens is 306 g/mol. The largest absolute Gasteiger partial charge is 0.460 e. The molecule has 1 amide bonds. The minimum absolute atomic E-state index is 0.0421. The van der Waals surface area contributed by atoms with Crippen LogP contribution in [-0.2, 0) is 20.9 Å². The molecule has 1 heterocycles. The number of rotatable bonds is 3. The molecule has 0 radical (unpaired) electrons. The van der Waals surface area contributed by atoms with Crippen molar-refractivity contribution in [1.82, 2.24) is 4.90 Å². The summed E-state index contributed by atoms with van der Waals surface area (Å²) in [5.74, 6) is -0.330. The fourth-order valence-electron chi connectivity index (χ4n) is 2.84. The van der Waals surface area contributed by atoms with Crippen molar-refractivity contribution in [3.63, 3.8) is 0 Å². The normalized spacial score (nSPS) is 21.2. The molecule has 1 aliphatic heterocycles. The molecule has 0 aromatic heterocycles. The molecular formula is C19H27NO4. The Balaban J connectivity index is 1.84. The number of esters is 1. The van der Waals surface area contributed by atoms with Crippen molar-refractivity contribution in [2.24, 2.45) is 5.92 Å². The van der Waals surface area contributed by atoms with Gasteiger partial charge in [0.25, 0.3) is 0 Å². The molecule has 2 rings (SSSR count). The third-order valence-electron chi connectivity index (χ3n) is 4.06. The highest BCUT2D eigenvalue weighted by Gasteiger charge is 2.35. The van der Waals surface area contributed by atoms with E-state index in [-0.39, 0.29) is 30.6 Å². The number of hydrogen-bond acceptors (Lipinski definition) is 4. The van der Waals surface area contributed by atoms with Gasteiger partial charge in [0.2, 0.25) is 0 Å². The number of piperidine rings is 1. The fourth-order valence-corrected chi connectivity index (χ4v) is 2.84. The maximum absolute atomic E-state index is 12.3. The molecule has 5 heteroatoms. The zero-order chi connectivity index (χ0) is 17.7. The van der Waals surface area contributed by atoms with Crippen LogP contribution in [0.15, 0.2) is 30.3 Å². The summed E-state index contributed by atoms with van der Waals surface area (Å²) >= 11 is 0. The van der Waals surface area contributed by atoms with E-state index in [0.29, 0.717) is 19.4 Å². The molecule has 132 valence electrons. The first-order valence-corrected chi connectivity index (χ1v) is 8.46. The Morgan fingerprint density at radius 2 is 1.88 bits per heavy atom. The summed E-state index contributed by atoms with van der Waals surface area (Å²) in [7, 11) is 0. The van der Waals surface area contributed by atoms with Crippen molar-refractivity contribution in [1.29, 1.82) is 0 Å². The number of likely N-dealkylation sites (tertiary alicyclic amines) is 1. The first-order chi connectivity index (χ1) is 11.3. The van der Waals surface area contributed by atoms with Gasteiger partial charge in [0.05, 0.1) is 5.92 Å². The summed E-state index contributed by atoms with van der Waals surface area (Å²) in [5.41, 5.74) is 0.480. The number of benzene rings is 1. The zero-order valence-electron chi connectivity index (χ0n) is 15.0. The smallest absolute Gasteiger partial charge is 0.410 e. The SMILES string of the molecule is CC1CC(C(=O)OC(C)(C)C)CCN1C(=O)OCc1ccccc1. The molecule has 24 heavy (non-hydrogen) atoms. The lowest BCUT2D eigenvalue weighted by molar-refractivity contribution is -0.162. The van der Waals surface area contributed by atoms with Gasteiger partial charge in [0.1, 0.15) is 12.2 Å². The average molecular weight is 333 g/mol. The molecule has 1 saturated heterocycles. The number of ether oxygens (including phenoxy) is 2. The van der Waals surface area contributed by atoms with Gasteiger partial charge < -0.3 is 14.4 Å². The Labute approximate surface area is 143 Å². The maximum atomic E-state index is 12.3. The van der Waals surface area contributed by atoms with Crippen molar-refractivity contribution < 1.29 is 19.1 Å². The monoisotopic (exact) mass is 333 g/mol. The van der Waals surface area contributed by atoms with Crippen molar-refractivity contribution in [3.8, 4) is 0 Å². The van der Waals surface area contributed by atoms with Crippen LogP contribution in [0.4, 0.5) is 4.79 Å². The molecule has 1 fully saturated rings. The van der Waals surface area contributed by atoms with Gasteiger partial charge in [-0.05, 0) is 46.1 Å². The van der Waals surface area contributed by atoms with Crippen LogP contribution in [0.3, 0.4) is 0 Å². The predicted octanol–water partition coefficient (Wildman–Crippen LogP) is 3.77. The third-order valence-corrected chi connectivity index (χ3v) is 4.06. The van der Waals surface area contributed by atoms with Crippen LogP contribution < -0.4 is 0 Å². The van der Waals surface area contributed by atoms with Crippen LogP contribution in [0.5, 0.6) is 0 Å². The quantitative estimate of drug-likeness (QED) is 0.790. The van der Waals surface area contributed by atoms with Crippen LogP contribution in [0.25, 0.3) is 0 Å². The molecule has 0 N–H and O–H groups in total. The molecule has 1 aromatic rings. The molecule has 0 spiro atoms. The minimum atomic E-state index is -0.480. The number of carbonyl (C=O) groups excluding carboxylic acids is 2. The maximum Gasteiger partial charge on any atom is 0.410 e. The Bertz CT molecular complexity index is 564. The van der Waals surface area contributed by atoms with Crippen LogP contribution in [0.2, 0.25) is 0 Å². The highest BCUT2D eigenvalue weighted by molar-refractivity contribution is 5.74. The van der Waals surface area contributed by atoms with Gasteiger partial charge in [-0.3, -0.25) is 4.79 Å². The van der Waals surface area contributed by atoms with Crippen molar-refractivity contribution in [3.05, 3.63) is 35.9 Å². The molecule has 1 aliphatic rings. The van der Waals surface area contributed by atoms with Gasteiger partial charge in [0.15, 0.2) is 0 Å². The van der Waals surface area contributed by atoms with Crippen LogP contribution in [0, 0.1) is 5.92 Å². The number of hydrogen-bond donors (Lipinski definition) is 0. The van der Waals surface area contributed by atoms with Crippen LogP contribution in [0.1, 0.15) is 46.1 Å². The van der Waals surface area contributed by atoms with Crippen LogP contribution in [-0.4, -0.2) is 35.2 Å². The summed E-state index contributed by atoms with van der Waals surface area (Å²) in [6.45, 7) is 8.32. The van der Waals surface area contributed by atoms with E-state index in [0.717, 1.165) is 5.56 Å². The Morgan fingerprint density at radius 3 is 2.46 bits per heavy atom. The van der Waals surface area contributed by atoms with Crippen molar-refractivity contribution >= 4 is 12.1 Å². The van der Waals surface area contributed by atoms with Gasteiger partial charge in [-0.15, -0.1) is 0 Å². The Hall–Kier alpha value is -2.04. The molecule has 2 unspecified atom stereocenters. The lowest BCUT2D eigenvalue weighted by Crippen LogP contribution is -2.47. The van der Waals surface area contributed by atoms with E-state index in [9.17, 15) is 9.59 Å². The van der Waals surface area contributed by atoms with Gasteiger partial charge in [-0.2, -0.15) is 0 Å². The third kappa shape index (κ3) is 5.25. The summed E-state index contributed by atoms with van der Waals surface area (Å²) < 4.78 is 10.8. The van der Waals surface area contributed by atoms with Gasteiger partial charge in [-0.1, -0.05) is 30.3 Å². The molecule has 0 saturated carbocycles. The number of amides is 1. The standard InChI is InChI=1S/C19H27NO4/c1-14-12-16(17(21)24-19(2,3)4)10-11-20(14)18(22)23-13-15-8-6-5-7-9-15/h5-9,14,16H,10-13H2,1-4H3. The Morgan fingerprint density at radius 1 is 1.21 bits per heavy atom. The second-order valence-electron chi connectivity index (χ2n) is 7.34. The summed E-state index contributed by atoms with van der Waals surface area (Å²) in [4.78, 5) is 26.2. The average Bonchev–Trinajstić information content (AvgIpc) is 2.52. The van der Waals surface area contributed by atoms with E-state index in [1.54, 1.807) is 4.90 Å². The summed E-state index contributed by atoms with van der Waals surface area (Å²) in [6.07, 6.45) is 0.892. The van der Waals surface area contributed by atoms with E-state index >= 15 is 0 Å². The van der Waals surface area contributed by atoms with Crippen LogP contribution >= 0.6 is 0 Å². The van der Waals surface area contributed by atoms with Crippen molar-refractivity contribution in [2.75, 3.05) is 6.54 Å². The molecule has 0 bridgehead atoms. The molecule has 5 nitrogen and oxygen atoms in total. The topological polar surface area (TPSA) is 55.8 Å². The predicted molar refractivity (Wildman–Crippen MR) is 91.4 cm³/mol. The van der Waals surface area contributed by atoms with E-state index < -0.39 is 5.60 Å². The molecule has 2 atom stereocenters. The summed E-state index contributed by atoms with van der Waals surface area (Å²) in [5, 5.41) is 0. The summed E-state index contributed by atoms with van der Waals surface area (Å²) in [6, 6.07) is 9.56. The van der Waals surface area contributed by atoms with E-state index in [4.69, 9.17) is 9.47 Å². The van der Waals surface area contributed by atoms with Gasteiger partial charge >= 0.3 is 12.1 Å². The first kappa shape index (κ1) is 18.3. The van der Waals surface area contributed by atoms with Gasteiger partial charge in [0, 0.05) is 12.6 Å². The highest BCUT2D eigenvalue weighted by Crippen LogP contribution is 2.26. The molecule has 1 aromatic carbocycles. The zero-order valence-corrected chi connectivity index (χ0v) is 15.0. The second-order valence-corrected chi connectivity index (χ2v) is 7.34. The highest BCUT2D eigenvalue weighted by atomic mass is 16.6. The lowest BCUT2D eigenvalue weighted by atomic mass is 9.92.